The predicted molar refractivity (Wildman–Crippen MR) is 52.8 cm³/mol. The standard InChI is InChI=1S/C10H13N3O/c1-10(2)4-6(14)3-7-8(10)9(11)13-5-12-7/h5H,3-4H2,1-2H3,(H2,11,12,13). The molecule has 0 aromatic carbocycles. The van der Waals surface area contributed by atoms with Crippen LogP contribution in [0.1, 0.15) is 31.5 Å². The van der Waals surface area contributed by atoms with Gasteiger partial charge in [-0.3, -0.25) is 4.79 Å². The van der Waals surface area contributed by atoms with E-state index >= 15 is 0 Å². The Morgan fingerprint density at radius 2 is 2.14 bits per heavy atom. The van der Waals surface area contributed by atoms with Crippen LogP contribution in [0.2, 0.25) is 0 Å². The average Bonchev–Trinajstić information content (AvgIpc) is 2.00. The molecule has 0 amide bonds. The molecule has 4 heteroatoms. The first-order valence-corrected chi connectivity index (χ1v) is 4.62. The van der Waals surface area contributed by atoms with Crippen molar-refractivity contribution in [3.8, 4) is 0 Å². The number of nitrogen functional groups attached to an aromatic ring is 1. The third kappa shape index (κ3) is 1.27. The molecule has 1 aliphatic carbocycles. The molecule has 0 atom stereocenters. The second kappa shape index (κ2) is 2.77. The molecular weight excluding hydrogens is 178 g/mol. The zero-order chi connectivity index (χ0) is 10.3. The van der Waals surface area contributed by atoms with E-state index in [9.17, 15) is 4.79 Å². The third-order valence-electron chi connectivity index (χ3n) is 2.64. The highest BCUT2D eigenvalue weighted by Crippen LogP contribution is 2.36. The lowest BCUT2D eigenvalue weighted by atomic mass is 9.74. The summed E-state index contributed by atoms with van der Waals surface area (Å²) in [7, 11) is 0. The van der Waals surface area contributed by atoms with Crippen molar-refractivity contribution in [1.29, 1.82) is 0 Å². The summed E-state index contributed by atoms with van der Waals surface area (Å²) in [5.74, 6) is 0.730. The van der Waals surface area contributed by atoms with E-state index in [0.29, 0.717) is 18.7 Å². The van der Waals surface area contributed by atoms with Crippen LogP contribution in [0.25, 0.3) is 0 Å². The molecule has 1 aromatic rings. The molecule has 0 fully saturated rings. The van der Waals surface area contributed by atoms with Crippen molar-refractivity contribution in [2.45, 2.75) is 32.1 Å². The third-order valence-corrected chi connectivity index (χ3v) is 2.64. The Kier molecular flexibility index (Phi) is 1.80. The summed E-state index contributed by atoms with van der Waals surface area (Å²) in [6.07, 6.45) is 2.34. The number of Topliss-reactive ketones (excluding diaryl/α,β-unsaturated/α-hetero) is 1. The molecule has 2 N–H and O–H groups in total. The van der Waals surface area contributed by atoms with Gasteiger partial charge in [-0.2, -0.15) is 0 Å². The average molecular weight is 191 g/mol. The number of nitrogens with zero attached hydrogens (tertiary/aromatic N) is 2. The zero-order valence-corrected chi connectivity index (χ0v) is 8.37. The van der Waals surface area contributed by atoms with Gasteiger partial charge in [0.2, 0.25) is 0 Å². The molecule has 1 aliphatic rings. The van der Waals surface area contributed by atoms with Crippen molar-refractivity contribution < 1.29 is 4.79 Å². The molecule has 0 saturated carbocycles. The number of carbonyl (C=O) groups is 1. The fourth-order valence-corrected chi connectivity index (χ4v) is 2.14. The van der Waals surface area contributed by atoms with Gasteiger partial charge in [0.25, 0.3) is 0 Å². The fraction of sp³-hybridized carbons (Fsp3) is 0.500. The molecule has 4 nitrogen and oxygen atoms in total. The molecule has 0 bridgehead atoms. The Bertz CT molecular complexity index is 398. The Labute approximate surface area is 82.6 Å². The monoisotopic (exact) mass is 191 g/mol. The number of fused-ring (bicyclic) bond motifs is 1. The van der Waals surface area contributed by atoms with Crippen molar-refractivity contribution in [2.24, 2.45) is 0 Å². The highest BCUT2D eigenvalue weighted by atomic mass is 16.1. The van der Waals surface area contributed by atoms with E-state index in [4.69, 9.17) is 5.73 Å². The molecule has 0 spiro atoms. The Balaban J connectivity index is 2.64. The van der Waals surface area contributed by atoms with Crippen molar-refractivity contribution in [3.05, 3.63) is 17.6 Å². The van der Waals surface area contributed by atoms with E-state index in [1.165, 1.54) is 6.33 Å². The van der Waals surface area contributed by atoms with Crippen LogP contribution in [-0.2, 0) is 16.6 Å². The second-order valence-electron chi connectivity index (χ2n) is 4.36. The minimum Gasteiger partial charge on any atom is -0.383 e. The van der Waals surface area contributed by atoms with E-state index in [0.717, 1.165) is 11.3 Å². The number of hydrogen-bond donors (Lipinski definition) is 1. The highest BCUT2D eigenvalue weighted by molar-refractivity contribution is 5.85. The maximum absolute atomic E-state index is 11.5. The number of ketones is 1. The number of anilines is 1. The molecule has 0 aliphatic heterocycles. The maximum atomic E-state index is 11.5. The van der Waals surface area contributed by atoms with Gasteiger partial charge in [-0.15, -0.1) is 0 Å². The van der Waals surface area contributed by atoms with Crippen molar-refractivity contribution in [3.63, 3.8) is 0 Å². The number of rotatable bonds is 0. The summed E-state index contributed by atoms with van der Waals surface area (Å²) in [6, 6.07) is 0. The summed E-state index contributed by atoms with van der Waals surface area (Å²) in [5, 5.41) is 0. The summed E-state index contributed by atoms with van der Waals surface area (Å²) >= 11 is 0. The first kappa shape index (κ1) is 9.12. The van der Waals surface area contributed by atoms with Gasteiger partial charge in [0.05, 0.1) is 5.69 Å². The van der Waals surface area contributed by atoms with Crippen LogP contribution in [0.5, 0.6) is 0 Å². The molecule has 0 unspecified atom stereocenters. The zero-order valence-electron chi connectivity index (χ0n) is 8.37. The molecule has 0 saturated heterocycles. The summed E-state index contributed by atoms with van der Waals surface area (Å²) in [6.45, 7) is 4.01. The molecule has 1 aromatic heterocycles. The maximum Gasteiger partial charge on any atom is 0.139 e. The van der Waals surface area contributed by atoms with Crippen LogP contribution in [0, 0.1) is 0 Å². The Morgan fingerprint density at radius 3 is 2.86 bits per heavy atom. The number of nitrogens with two attached hydrogens (primary N) is 1. The van der Waals surface area contributed by atoms with E-state index in [1.807, 2.05) is 13.8 Å². The summed E-state index contributed by atoms with van der Waals surface area (Å²) in [4.78, 5) is 19.5. The summed E-state index contributed by atoms with van der Waals surface area (Å²) < 4.78 is 0. The quantitative estimate of drug-likeness (QED) is 0.660. The number of aromatic nitrogens is 2. The van der Waals surface area contributed by atoms with Gasteiger partial charge >= 0.3 is 0 Å². The molecular formula is C10H13N3O. The number of hydrogen-bond acceptors (Lipinski definition) is 4. The number of carbonyl (C=O) groups excluding carboxylic acids is 1. The lowest BCUT2D eigenvalue weighted by molar-refractivity contribution is -0.120. The van der Waals surface area contributed by atoms with Gasteiger partial charge < -0.3 is 5.73 Å². The van der Waals surface area contributed by atoms with E-state index in [1.54, 1.807) is 0 Å². The fourth-order valence-electron chi connectivity index (χ4n) is 2.14. The van der Waals surface area contributed by atoms with E-state index < -0.39 is 0 Å². The van der Waals surface area contributed by atoms with Crippen molar-refractivity contribution in [1.82, 2.24) is 9.97 Å². The van der Waals surface area contributed by atoms with E-state index in [-0.39, 0.29) is 11.2 Å². The van der Waals surface area contributed by atoms with Crippen LogP contribution in [0.15, 0.2) is 6.33 Å². The predicted octanol–water partition coefficient (Wildman–Crippen LogP) is 0.852. The smallest absolute Gasteiger partial charge is 0.139 e. The Morgan fingerprint density at radius 1 is 1.43 bits per heavy atom. The second-order valence-corrected chi connectivity index (χ2v) is 4.36. The minimum atomic E-state index is -0.226. The first-order valence-electron chi connectivity index (χ1n) is 4.62. The summed E-state index contributed by atoms with van der Waals surface area (Å²) in [5.41, 5.74) is 7.31. The largest absolute Gasteiger partial charge is 0.383 e. The lowest BCUT2D eigenvalue weighted by Crippen LogP contribution is -2.32. The van der Waals surface area contributed by atoms with Gasteiger partial charge in [-0.25, -0.2) is 9.97 Å². The minimum absolute atomic E-state index is 0.223. The van der Waals surface area contributed by atoms with Gasteiger partial charge in [-0.05, 0) is 0 Å². The van der Waals surface area contributed by atoms with Gasteiger partial charge in [0.1, 0.15) is 17.9 Å². The van der Waals surface area contributed by atoms with Gasteiger partial charge in [0.15, 0.2) is 0 Å². The first-order chi connectivity index (χ1) is 6.50. The van der Waals surface area contributed by atoms with Crippen LogP contribution in [0.3, 0.4) is 0 Å². The normalized spacial score (nSPS) is 19.1. The van der Waals surface area contributed by atoms with Gasteiger partial charge in [0, 0.05) is 23.8 Å². The topological polar surface area (TPSA) is 68.9 Å². The molecule has 14 heavy (non-hydrogen) atoms. The lowest BCUT2D eigenvalue weighted by Gasteiger charge is -2.31. The van der Waals surface area contributed by atoms with E-state index in [2.05, 4.69) is 9.97 Å². The Hall–Kier alpha value is -1.45. The van der Waals surface area contributed by atoms with Crippen LogP contribution in [0.4, 0.5) is 5.82 Å². The van der Waals surface area contributed by atoms with Crippen LogP contribution in [-0.4, -0.2) is 15.8 Å². The molecule has 74 valence electrons. The van der Waals surface area contributed by atoms with Crippen LogP contribution >= 0.6 is 0 Å². The van der Waals surface area contributed by atoms with Crippen LogP contribution < -0.4 is 5.73 Å². The molecule has 0 radical (unpaired) electrons. The van der Waals surface area contributed by atoms with Gasteiger partial charge in [-0.1, -0.05) is 13.8 Å². The SMILES string of the molecule is CC1(C)CC(=O)Cc2ncnc(N)c21. The molecule has 1 heterocycles. The van der Waals surface area contributed by atoms with Crippen molar-refractivity contribution >= 4 is 11.6 Å². The highest BCUT2D eigenvalue weighted by Gasteiger charge is 2.34. The van der Waals surface area contributed by atoms with Crippen molar-refractivity contribution in [2.75, 3.05) is 5.73 Å². The molecule has 2 rings (SSSR count).